The maximum absolute atomic E-state index is 12.1. The van der Waals surface area contributed by atoms with E-state index >= 15 is 0 Å². The number of nitrogens with one attached hydrogen (secondary N) is 1. The summed E-state index contributed by atoms with van der Waals surface area (Å²) < 4.78 is 5.42. The summed E-state index contributed by atoms with van der Waals surface area (Å²) in [4.78, 5) is 23.1. The van der Waals surface area contributed by atoms with Crippen LogP contribution in [0.2, 0.25) is 0 Å². The zero-order valence-electron chi connectivity index (χ0n) is 16.5. The number of hydrogen-bond acceptors (Lipinski definition) is 4. The fourth-order valence-corrected chi connectivity index (χ4v) is 3.67. The number of phenolic OH excluding ortho intramolecular Hbond substituents is 1. The number of alkyl carbamates (subject to hydrolysis) is 1. The minimum atomic E-state index is -1.11. The van der Waals surface area contributed by atoms with Crippen molar-refractivity contribution in [3.8, 4) is 28.7 Å². The van der Waals surface area contributed by atoms with Gasteiger partial charge in [-0.15, -0.1) is 0 Å². The Morgan fingerprint density at radius 2 is 1.61 bits per heavy atom. The summed E-state index contributed by atoms with van der Waals surface area (Å²) in [5.41, 5.74) is 4.76. The third-order valence-electron chi connectivity index (χ3n) is 5.13. The second-order valence-corrected chi connectivity index (χ2v) is 7.02. The number of aromatic hydroxyl groups is 1. The SMILES string of the molecule is O=C(NCC#Cc1cc(C(=O)O)ccc1O)OCC1c2ccccc2-c2ccccc21. The molecule has 1 aliphatic carbocycles. The van der Waals surface area contributed by atoms with E-state index in [9.17, 15) is 14.7 Å². The molecule has 0 saturated carbocycles. The number of carbonyl (C=O) groups excluding carboxylic acids is 1. The maximum Gasteiger partial charge on any atom is 0.407 e. The number of hydrogen-bond donors (Lipinski definition) is 3. The number of ether oxygens (including phenoxy) is 1. The van der Waals surface area contributed by atoms with Gasteiger partial charge in [0, 0.05) is 5.92 Å². The predicted molar refractivity (Wildman–Crippen MR) is 115 cm³/mol. The number of phenols is 1. The fraction of sp³-hybridized carbons (Fsp3) is 0.120. The third-order valence-corrected chi connectivity index (χ3v) is 5.13. The van der Waals surface area contributed by atoms with Gasteiger partial charge in [-0.2, -0.15) is 0 Å². The van der Waals surface area contributed by atoms with E-state index in [0.29, 0.717) is 0 Å². The molecule has 0 fully saturated rings. The van der Waals surface area contributed by atoms with Gasteiger partial charge in [0.1, 0.15) is 12.4 Å². The van der Waals surface area contributed by atoms with Gasteiger partial charge < -0.3 is 20.3 Å². The van der Waals surface area contributed by atoms with Crippen molar-refractivity contribution in [2.45, 2.75) is 5.92 Å². The van der Waals surface area contributed by atoms with Crippen LogP contribution in [-0.4, -0.2) is 35.4 Å². The molecule has 154 valence electrons. The molecule has 1 amide bonds. The number of carbonyl (C=O) groups is 2. The van der Waals surface area contributed by atoms with E-state index in [2.05, 4.69) is 29.3 Å². The molecule has 6 nitrogen and oxygen atoms in total. The molecule has 0 bridgehead atoms. The number of carboxylic acids is 1. The lowest BCUT2D eigenvalue weighted by atomic mass is 9.98. The molecule has 0 aliphatic heterocycles. The van der Waals surface area contributed by atoms with Crippen molar-refractivity contribution < 1.29 is 24.5 Å². The van der Waals surface area contributed by atoms with Gasteiger partial charge in [0.25, 0.3) is 0 Å². The second-order valence-electron chi connectivity index (χ2n) is 7.02. The number of rotatable bonds is 4. The summed E-state index contributed by atoms with van der Waals surface area (Å²) in [6.45, 7) is 0.197. The molecule has 3 aromatic carbocycles. The molecule has 31 heavy (non-hydrogen) atoms. The van der Waals surface area contributed by atoms with Crippen LogP contribution >= 0.6 is 0 Å². The summed E-state index contributed by atoms with van der Waals surface area (Å²) in [5, 5.41) is 21.3. The Morgan fingerprint density at radius 3 is 2.26 bits per heavy atom. The number of carboxylic acid groups (broad SMARTS) is 1. The highest BCUT2D eigenvalue weighted by Gasteiger charge is 2.28. The molecular weight excluding hydrogens is 394 g/mol. The van der Waals surface area contributed by atoms with E-state index in [1.54, 1.807) is 0 Å². The highest BCUT2D eigenvalue weighted by molar-refractivity contribution is 5.88. The van der Waals surface area contributed by atoms with Gasteiger partial charge in [-0.25, -0.2) is 9.59 Å². The Bertz CT molecular complexity index is 1180. The van der Waals surface area contributed by atoms with Crippen LogP contribution in [0.4, 0.5) is 4.79 Å². The van der Waals surface area contributed by atoms with Gasteiger partial charge >= 0.3 is 12.1 Å². The molecule has 0 aromatic heterocycles. The topological polar surface area (TPSA) is 95.9 Å². The van der Waals surface area contributed by atoms with Gasteiger partial charge in [0.2, 0.25) is 0 Å². The van der Waals surface area contributed by atoms with Gasteiger partial charge in [-0.3, -0.25) is 0 Å². The Balaban J connectivity index is 1.36. The molecule has 0 heterocycles. The van der Waals surface area contributed by atoms with Crippen LogP contribution in [0.15, 0.2) is 66.7 Å². The van der Waals surface area contributed by atoms with Crippen molar-refractivity contribution in [3.63, 3.8) is 0 Å². The fourth-order valence-electron chi connectivity index (χ4n) is 3.67. The van der Waals surface area contributed by atoms with E-state index in [1.165, 1.54) is 18.2 Å². The van der Waals surface area contributed by atoms with Crippen molar-refractivity contribution in [1.29, 1.82) is 0 Å². The molecule has 6 heteroatoms. The molecule has 0 saturated heterocycles. The van der Waals surface area contributed by atoms with Crippen molar-refractivity contribution in [3.05, 3.63) is 89.0 Å². The second kappa shape index (κ2) is 8.64. The third kappa shape index (κ3) is 4.21. The summed E-state index contributed by atoms with van der Waals surface area (Å²) >= 11 is 0. The van der Waals surface area contributed by atoms with E-state index in [-0.39, 0.29) is 35.9 Å². The van der Waals surface area contributed by atoms with Crippen LogP contribution in [0.3, 0.4) is 0 Å². The molecule has 3 aromatic rings. The van der Waals surface area contributed by atoms with Gasteiger partial charge in [0.15, 0.2) is 0 Å². The van der Waals surface area contributed by atoms with Crippen molar-refractivity contribution >= 4 is 12.1 Å². The summed E-state index contributed by atoms with van der Waals surface area (Å²) in [6, 6.07) is 20.0. The molecule has 4 rings (SSSR count). The largest absolute Gasteiger partial charge is 0.507 e. The van der Waals surface area contributed by atoms with Crippen LogP contribution in [0.25, 0.3) is 11.1 Å². The van der Waals surface area contributed by atoms with Crippen molar-refractivity contribution in [2.24, 2.45) is 0 Å². The first-order valence-corrected chi connectivity index (χ1v) is 9.68. The Morgan fingerprint density at radius 1 is 0.968 bits per heavy atom. The maximum atomic E-state index is 12.1. The molecule has 0 atom stereocenters. The van der Waals surface area contributed by atoms with Crippen LogP contribution in [0, 0.1) is 11.8 Å². The predicted octanol–water partition coefficient (Wildman–Crippen LogP) is 3.98. The number of amides is 1. The average Bonchev–Trinajstić information content (AvgIpc) is 3.10. The zero-order valence-corrected chi connectivity index (χ0v) is 16.5. The van der Waals surface area contributed by atoms with Crippen LogP contribution < -0.4 is 5.32 Å². The normalized spacial score (nSPS) is 11.6. The van der Waals surface area contributed by atoms with Gasteiger partial charge in [-0.05, 0) is 40.5 Å². The van der Waals surface area contributed by atoms with Crippen molar-refractivity contribution in [2.75, 3.05) is 13.2 Å². The van der Waals surface area contributed by atoms with E-state index < -0.39 is 12.1 Å². The number of fused-ring (bicyclic) bond motifs is 3. The number of benzene rings is 3. The molecule has 0 unspecified atom stereocenters. The van der Waals surface area contributed by atoms with Gasteiger partial charge in [0.05, 0.1) is 17.7 Å². The smallest absolute Gasteiger partial charge is 0.407 e. The van der Waals surface area contributed by atoms with Crippen LogP contribution in [0.1, 0.15) is 33.0 Å². The average molecular weight is 413 g/mol. The van der Waals surface area contributed by atoms with E-state index in [4.69, 9.17) is 9.84 Å². The minimum Gasteiger partial charge on any atom is -0.507 e. The molecule has 0 radical (unpaired) electrons. The summed E-state index contributed by atoms with van der Waals surface area (Å²) in [6.07, 6.45) is -0.598. The molecular formula is C25H19NO5. The lowest BCUT2D eigenvalue weighted by Crippen LogP contribution is -2.26. The van der Waals surface area contributed by atoms with E-state index in [0.717, 1.165) is 22.3 Å². The lowest BCUT2D eigenvalue weighted by Gasteiger charge is -2.14. The first-order chi connectivity index (χ1) is 15.0. The Hall–Kier alpha value is -4.24. The zero-order chi connectivity index (χ0) is 21.8. The molecule has 3 N–H and O–H groups in total. The number of aromatic carboxylic acids is 1. The first kappa shape index (κ1) is 20.0. The summed E-state index contributed by atoms with van der Waals surface area (Å²) in [5.74, 6) is 4.07. The van der Waals surface area contributed by atoms with Crippen molar-refractivity contribution in [1.82, 2.24) is 5.32 Å². The van der Waals surface area contributed by atoms with Crippen LogP contribution in [-0.2, 0) is 4.74 Å². The Labute approximate surface area is 179 Å². The standard InChI is InChI=1S/C25H19NO5/c27-23-12-11-17(24(28)29)14-16(23)6-5-13-26-25(30)31-15-22-20-9-3-1-7-18(20)19-8-2-4-10-21(19)22/h1-4,7-12,14,22,27H,13,15H2,(H,26,30)(H,28,29). The monoisotopic (exact) mass is 413 g/mol. The van der Waals surface area contributed by atoms with E-state index in [1.807, 2.05) is 36.4 Å². The molecule has 0 spiro atoms. The highest BCUT2D eigenvalue weighted by atomic mass is 16.5. The summed E-state index contributed by atoms with van der Waals surface area (Å²) in [7, 11) is 0. The highest BCUT2D eigenvalue weighted by Crippen LogP contribution is 2.44. The lowest BCUT2D eigenvalue weighted by molar-refractivity contribution is 0.0696. The quantitative estimate of drug-likeness (QED) is 0.563. The van der Waals surface area contributed by atoms with Gasteiger partial charge in [-0.1, -0.05) is 60.4 Å². The molecule has 1 aliphatic rings. The first-order valence-electron chi connectivity index (χ1n) is 9.68. The Kier molecular flexibility index (Phi) is 5.59. The van der Waals surface area contributed by atoms with Crippen LogP contribution in [0.5, 0.6) is 5.75 Å². The minimum absolute atomic E-state index is 0.00653.